The number of rotatable bonds is 3. The molecule has 2 heterocycles. The van der Waals surface area contributed by atoms with Crippen molar-refractivity contribution < 1.29 is 4.39 Å². The maximum absolute atomic E-state index is 13.9. The van der Waals surface area contributed by atoms with Crippen molar-refractivity contribution in [3.63, 3.8) is 0 Å². The summed E-state index contributed by atoms with van der Waals surface area (Å²) in [5, 5.41) is 6.44. The first-order valence-corrected chi connectivity index (χ1v) is 17.3. The molecular weight excluding hydrogens is 600 g/mol. The fraction of sp³-hybridized carbons (Fsp3) is 0.0870. The summed E-state index contributed by atoms with van der Waals surface area (Å²) in [7, 11) is 0. The molecule has 49 heavy (non-hydrogen) atoms. The van der Waals surface area contributed by atoms with Crippen LogP contribution in [0, 0.1) is 5.82 Å². The summed E-state index contributed by atoms with van der Waals surface area (Å²) in [5.41, 5.74) is 13.7. The minimum absolute atomic E-state index is 0.228. The van der Waals surface area contributed by atoms with E-state index in [1.54, 1.807) is 0 Å². The third kappa shape index (κ3) is 3.76. The Morgan fingerprint density at radius 1 is 0.571 bits per heavy atom. The molecule has 3 aliphatic rings. The van der Waals surface area contributed by atoms with E-state index >= 15 is 0 Å². The Morgan fingerprint density at radius 2 is 1.27 bits per heavy atom. The third-order valence-corrected chi connectivity index (χ3v) is 11.2. The smallest absolute Gasteiger partial charge is 0.123 e. The van der Waals surface area contributed by atoms with Crippen LogP contribution in [0.3, 0.4) is 0 Å². The van der Waals surface area contributed by atoms with Crippen LogP contribution in [-0.4, -0.2) is 9.13 Å². The molecule has 0 radical (unpaired) electrons. The fourth-order valence-electron chi connectivity index (χ4n) is 9.10. The molecule has 0 N–H and O–H groups in total. The summed E-state index contributed by atoms with van der Waals surface area (Å²) >= 11 is 0. The third-order valence-electron chi connectivity index (χ3n) is 11.2. The van der Waals surface area contributed by atoms with E-state index in [1.165, 1.54) is 83.8 Å². The molecule has 232 valence electrons. The standard InChI is InChI=1S/C46H31FN2/c47-30-18-20-31(21-19-30)48-41-14-5-3-10-34(41)39-26-28(16-23-44(39)48)29-17-24-45-40(27-29)35-11-4-6-15-42(35)49(45)43-25-22-37-33-9-2-1-8-32(33)36-12-7-13-38(43)46(36)37/h1-5,7-14,16-27,32-33H,6,15H2. The van der Waals surface area contributed by atoms with E-state index in [4.69, 9.17) is 0 Å². The molecule has 6 aromatic carbocycles. The predicted molar refractivity (Wildman–Crippen MR) is 202 cm³/mol. The van der Waals surface area contributed by atoms with Gasteiger partial charge in [0.25, 0.3) is 0 Å². The molecule has 8 aromatic rings. The van der Waals surface area contributed by atoms with Gasteiger partial charge in [0.05, 0.1) is 22.2 Å². The van der Waals surface area contributed by atoms with E-state index < -0.39 is 0 Å². The van der Waals surface area contributed by atoms with Gasteiger partial charge in [-0.3, -0.25) is 0 Å². The number of hydrogen-bond acceptors (Lipinski definition) is 0. The number of benzene rings is 6. The van der Waals surface area contributed by atoms with Crippen molar-refractivity contribution in [3.05, 3.63) is 174 Å². The molecule has 0 saturated carbocycles. The lowest BCUT2D eigenvalue weighted by molar-refractivity contribution is 0.627. The molecule has 2 unspecified atom stereocenters. The molecule has 2 nitrogen and oxygen atoms in total. The van der Waals surface area contributed by atoms with E-state index in [2.05, 4.69) is 137 Å². The van der Waals surface area contributed by atoms with Crippen molar-refractivity contribution in [1.29, 1.82) is 0 Å². The van der Waals surface area contributed by atoms with Crippen molar-refractivity contribution in [2.24, 2.45) is 0 Å². The summed E-state index contributed by atoms with van der Waals surface area (Å²) < 4.78 is 18.6. The van der Waals surface area contributed by atoms with Crippen LogP contribution in [0.4, 0.5) is 4.39 Å². The average Bonchev–Trinajstić information content (AvgIpc) is 3.79. The van der Waals surface area contributed by atoms with E-state index in [9.17, 15) is 4.39 Å². The van der Waals surface area contributed by atoms with Gasteiger partial charge >= 0.3 is 0 Å². The molecule has 11 rings (SSSR count). The van der Waals surface area contributed by atoms with Gasteiger partial charge < -0.3 is 9.13 Å². The largest absolute Gasteiger partial charge is 0.312 e. The second-order valence-corrected chi connectivity index (χ2v) is 13.7. The Morgan fingerprint density at radius 3 is 2.08 bits per heavy atom. The number of para-hydroxylation sites is 1. The minimum atomic E-state index is -0.228. The normalized spacial score (nSPS) is 17.5. The first-order chi connectivity index (χ1) is 24.2. The summed E-state index contributed by atoms with van der Waals surface area (Å²) in [5.74, 6) is 0.609. The van der Waals surface area contributed by atoms with Gasteiger partial charge in [-0.1, -0.05) is 91.1 Å². The zero-order valence-corrected chi connectivity index (χ0v) is 26.8. The lowest BCUT2D eigenvalue weighted by Gasteiger charge is -2.18. The van der Waals surface area contributed by atoms with Crippen LogP contribution in [0.25, 0.3) is 72.1 Å². The number of nitrogens with zero attached hydrogens (tertiary/aromatic N) is 2. The zero-order valence-electron chi connectivity index (χ0n) is 26.8. The zero-order chi connectivity index (χ0) is 32.2. The lowest BCUT2D eigenvalue weighted by atomic mass is 9.86. The van der Waals surface area contributed by atoms with Gasteiger partial charge in [-0.2, -0.15) is 0 Å². The van der Waals surface area contributed by atoms with E-state index in [0.717, 1.165) is 29.6 Å². The van der Waals surface area contributed by atoms with Gasteiger partial charge in [0.1, 0.15) is 5.82 Å². The van der Waals surface area contributed by atoms with Crippen molar-refractivity contribution >= 4 is 49.6 Å². The molecule has 0 amide bonds. The van der Waals surface area contributed by atoms with Gasteiger partial charge in [-0.15, -0.1) is 0 Å². The number of fused-ring (bicyclic) bond motifs is 9. The highest BCUT2D eigenvalue weighted by Crippen LogP contribution is 2.51. The molecule has 0 bridgehead atoms. The van der Waals surface area contributed by atoms with Crippen molar-refractivity contribution in [2.45, 2.75) is 24.7 Å². The summed E-state index contributed by atoms with van der Waals surface area (Å²) in [6.07, 6.45) is 15.9. The highest BCUT2D eigenvalue weighted by atomic mass is 19.1. The SMILES string of the molecule is Fc1ccc(-n2c3ccccc3c3cc(-c4ccc5c(c4)c4c(n5-c5ccc6c7c(cccc57)C5C=CC=CC65)CCC=C4)ccc32)cc1. The molecule has 2 aromatic heterocycles. The Hall–Kier alpha value is -5.93. The maximum atomic E-state index is 13.9. The van der Waals surface area contributed by atoms with Gasteiger partial charge in [0.15, 0.2) is 0 Å². The molecule has 0 spiro atoms. The topological polar surface area (TPSA) is 9.86 Å². The van der Waals surface area contributed by atoms with Crippen molar-refractivity contribution in [3.8, 4) is 22.5 Å². The second kappa shape index (κ2) is 10.0. The first kappa shape index (κ1) is 27.1. The van der Waals surface area contributed by atoms with Crippen LogP contribution < -0.4 is 0 Å². The minimum Gasteiger partial charge on any atom is -0.312 e. The Labute approximate surface area is 283 Å². The number of halogens is 1. The molecule has 0 aliphatic heterocycles. The Balaban J connectivity index is 1.10. The predicted octanol–water partition coefficient (Wildman–Crippen LogP) is 12.0. The summed E-state index contributed by atoms with van der Waals surface area (Å²) in [6.45, 7) is 0. The highest BCUT2D eigenvalue weighted by Gasteiger charge is 2.33. The molecule has 3 heteroatoms. The van der Waals surface area contributed by atoms with Crippen LogP contribution >= 0.6 is 0 Å². The quantitative estimate of drug-likeness (QED) is 0.184. The molecular formula is C46H31FN2. The molecule has 0 fully saturated rings. The first-order valence-electron chi connectivity index (χ1n) is 17.3. The van der Waals surface area contributed by atoms with Crippen LogP contribution in [-0.2, 0) is 6.42 Å². The second-order valence-electron chi connectivity index (χ2n) is 13.7. The summed E-state index contributed by atoms with van der Waals surface area (Å²) in [4.78, 5) is 0. The Kier molecular flexibility index (Phi) is 5.55. The van der Waals surface area contributed by atoms with Crippen molar-refractivity contribution in [2.75, 3.05) is 0 Å². The van der Waals surface area contributed by atoms with Gasteiger partial charge in [0.2, 0.25) is 0 Å². The van der Waals surface area contributed by atoms with E-state index in [-0.39, 0.29) is 5.82 Å². The van der Waals surface area contributed by atoms with Crippen LogP contribution in [0.15, 0.2) is 146 Å². The number of aromatic nitrogens is 2. The highest BCUT2D eigenvalue weighted by molar-refractivity contribution is 6.11. The summed E-state index contributed by atoms with van der Waals surface area (Å²) in [6, 6.07) is 40.7. The number of allylic oxidation sites excluding steroid dienone is 5. The monoisotopic (exact) mass is 630 g/mol. The Bertz CT molecular complexity index is 2760. The van der Waals surface area contributed by atoms with Crippen molar-refractivity contribution in [1.82, 2.24) is 9.13 Å². The van der Waals surface area contributed by atoms with Crippen LogP contribution in [0.2, 0.25) is 0 Å². The van der Waals surface area contributed by atoms with Gasteiger partial charge in [-0.05, 0) is 101 Å². The van der Waals surface area contributed by atoms with Gasteiger partial charge in [-0.25, -0.2) is 4.39 Å². The van der Waals surface area contributed by atoms with Crippen LogP contribution in [0.1, 0.15) is 40.6 Å². The van der Waals surface area contributed by atoms with Gasteiger partial charge in [0, 0.05) is 50.3 Å². The average molecular weight is 631 g/mol. The lowest BCUT2D eigenvalue weighted by Crippen LogP contribution is -2.04. The number of hydrogen-bond donors (Lipinski definition) is 0. The molecule has 0 saturated heterocycles. The van der Waals surface area contributed by atoms with Crippen LogP contribution in [0.5, 0.6) is 0 Å². The maximum Gasteiger partial charge on any atom is 0.123 e. The van der Waals surface area contributed by atoms with E-state index in [1.807, 2.05) is 12.1 Å². The molecule has 2 atom stereocenters. The fourth-order valence-corrected chi connectivity index (χ4v) is 9.10. The van der Waals surface area contributed by atoms with E-state index in [0.29, 0.717) is 11.8 Å². The molecule has 3 aliphatic carbocycles.